The van der Waals surface area contributed by atoms with Gasteiger partial charge in [0.15, 0.2) is 0 Å². The molecule has 2 N–H and O–H groups in total. The molecule has 0 aliphatic heterocycles. The Hall–Kier alpha value is -0.730. The van der Waals surface area contributed by atoms with E-state index in [-0.39, 0.29) is 6.04 Å². The summed E-state index contributed by atoms with van der Waals surface area (Å²) in [7, 11) is 1.66. The monoisotopic (exact) mass is 213 g/mol. The van der Waals surface area contributed by atoms with E-state index < -0.39 is 0 Å². The molecule has 3 heteroatoms. The van der Waals surface area contributed by atoms with Crippen LogP contribution in [0.5, 0.6) is 5.75 Å². The molecule has 1 rings (SSSR count). The predicted molar refractivity (Wildman–Crippen MR) is 60.1 cm³/mol. The van der Waals surface area contributed by atoms with Gasteiger partial charge in [0.1, 0.15) is 5.75 Å². The molecule has 0 saturated carbocycles. The Balaban J connectivity index is 3.07. The van der Waals surface area contributed by atoms with Crippen LogP contribution in [-0.2, 0) is 6.42 Å². The third-order valence-corrected chi connectivity index (χ3v) is 2.51. The van der Waals surface area contributed by atoms with Crippen LogP contribution in [0.15, 0.2) is 12.1 Å². The van der Waals surface area contributed by atoms with E-state index >= 15 is 0 Å². The molecule has 14 heavy (non-hydrogen) atoms. The van der Waals surface area contributed by atoms with Gasteiger partial charge in [0, 0.05) is 11.1 Å². The molecule has 1 atom stereocenters. The van der Waals surface area contributed by atoms with Crippen LogP contribution in [0.4, 0.5) is 0 Å². The second kappa shape index (κ2) is 4.67. The summed E-state index contributed by atoms with van der Waals surface area (Å²) in [6.45, 7) is 3.92. The van der Waals surface area contributed by atoms with Gasteiger partial charge in [-0.05, 0) is 43.5 Å². The summed E-state index contributed by atoms with van der Waals surface area (Å²) in [6.07, 6.45) is 0.781. The van der Waals surface area contributed by atoms with E-state index in [2.05, 4.69) is 0 Å². The Morgan fingerprint density at radius 2 is 2.14 bits per heavy atom. The van der Waals surface area contributed by atoms with Crippen molar-refractivity contribution >= 4 is 11.6 Å². The van der Waals surface area contributed by atoms with Crippen LogP contribution in [0.2, 0.25) is 5.02 Å². The fourth-order valence-corrected chi connectivity index (χ4v) is 1.58. The number of nitrogens with two attached hydrogens (primary N) is 1. The zero-order chi connectivity index (χ0) is 10.7. The van der Waals surface area contributed by atoms with E-state index in [1.165, 1.54) is 0 Å². The Morgan fingerprint density at radius 3 is 2.64 bits per heavy atom. The molecule has 0 aliphatic rings. The van der Waals surface area contributed by atoms with E-state index in [0.717, 1.165) is 28.3 Å². The zero-order valence-electron chi connectivity index (χ0n) is 8.80. The largest absolute Gasteiger partial charge is 0.496 e. The van der Waals surface area contributed by atoms with Gasteiger partial charge in [-0.3, -0.25) is 0 Å². The van der Waals surface area contributed by atoms with E-state index in [4.69, 9.17) is 22.1 Å². The Labute approximate surface area is 90.0 Å². The van der Waals surface area contributed by atoms with Crippen LogP contribution in [0.25, 0.3) is 0 Å². The van der Waals surface area contributed by atoms with Crippen molar-refractivity contribution in [1.29, 1.82) is 0 Å². The van der Waals surface area contributed by atoms with Crippen LogP contribution in [0.1, 0.15) is 18.1 Å². The SMILES string of the molecule is COc1cc(C)c(Cl)cc1CC(C)N. The maximum absolute atomic E-state index is 6.03. The number of benzene rings is 1. The molecule has 0 fully saturated rings. The smallest absolute Gasteiger partial charge is 0.122 e. The standard InChI is InChI=1S/C11H16ClNO/c1-7-4-11(14-3)9(5-8(2)13)6-10(7)12/h4,6,8H,5,13H2,1-3H3. The molecular formula is C11H16ClNO. The highest BCUT2D eigenvalue weighted by Crippen LogP contribution is 2.27. The minimum absolute atomic E-state index is 0.114. The number of hydrogen-bond donors (Lipinski definition) is 1. The van der Waals surface area contributed by atoms with Crippen molar-refractivity contribution in [1.82, 2.24) is 0 Å². The number of halogens is 1. The quantitative estimate of drug-likeness (QED) is 0.838. The molecular weight excluding hydrogens is 198 g/mol. The normalized spacial score (nSPS) is 12.6. The Kier molecular flexibility index (Phi) is 3.78. The van der Waals surface area contributed by atoms with Crippen LogP contribution in [0, 0.1) is 6.92 Å². The van der Waals surface area contributed by atoms with Crippen molar-refractivity contribution in [3.05, 3.63) is 28.3 Å². The molecule has 0 radical (unpaired) electrons. The Morgan fingerprint density at radius 1 is 1.50 bits per heavy atom. The average Bonchev–Trinajstić information content (AvgIpc) is 2.10. The second-order valence-electron chi connectivity index (χ2n) is 3.59. The lowest BCUT2D eigenvalue weighted by Crippen LogP contribution is -2.18. The molecule has 0 heterocycles. The second-order valence-corrected chi connectivity index (χ2v) is 4.00. The van der Waals surface area contributed by atoms with Crippen LogP contribution in [-0.4, -0.2) is 13.2 Å². The molecule has 78 valence electrons. The molecule has 1 unspecified atom stereocenters. The zero-order valence-corrected chi connectivity index (χ0v) is 9.56. The fraction of sp³-hybridized carbons (Fsp3) is 0.455. The predicted octanol–water partition coefficient (Wildman–Crippen LogP) is 2.55. The highest BCUT2D eigenvalue weighted by Gasteiger charge is 2.08. The fourth-order valence-electron chi connectivity index (χ4n) is 1.39. The maximum Gasteiger partial charge on any atom is 0.122 e. The van der Waals surface area contributed by atoms with E-state index in [9.17, 15) is 0 Å². The summed E-state index contributed by atoms with van der Waals surface area (Å²) in [5, 5.41) is 0.765. The third-order valence-electron chi connectivity index (χ3n) is 2.10. The first-order valence-electron chi connectivity index (χ1n) is 4.63. The number of ether oxygens (including phenoxy) is 1. The molecule has 0 aliphatic carbocycles. The molecule has 1 aromatic rings. The van der Waals surface area contributed by atoms with Gasteiger partial charge < -0.3 is 10.5 Å². The highest BCUT2D eigenvalue weighted by molar-refractivity contribution is 6.31. The van der Waals surface area contributed by atoms with Crippen molar-refractivity contribution < 1.29 is 4.74 Å². The van der Waals surface area contributed by atoms with Crippen molar-refractivity contribution in [2.45, 2.75) is 26.3 Å². The van der Waals surface area contributed by atoms with Crippen molar-refractivity contribution in [2.75, 3.05) is 7.11 Å². The third kappa shape index (κ3) is 2.63. The van der Waals surface area contributed by atoms with Crippen LogP contribution in [0.3, 0.4) is 0 Å². The van der Waals surface area contributed by atoms with Gasteiger partial charge in [-0.1, -0.05) is 11.6 Å². The Bertz CT molecular complexity index is 323. The van der Waals surface area contributed by atoms with Gasteiger partial charge in [-0.15, -0.1) is 0 Å². The highest BCUT2D eigenvalue weighted by atomic mass is 35.5. The van der Waals surface area contributed by atoms with Gasteiger partial charge in [-0.2, -0.15) is 0 Å². The summed E-state index contributed by atoms with van der Waals surface area (Å²) in [5.41, 5.74) is 7.83. The number of rotatable bonds is 3. The van der Waals surface area contributed by atoms with Gasteiger partial charge in [-0.25, -0.2) is 0 Å². The molecule has 0 spiro atoms. The van der Waals surface area contributed by atoms with E-state index in [0.29, 0.717) is 0 Å². The molecule has 0 aromatic heterocycles. The van der Waals surface area contributed by atoms with E-state index in [1.807, 2.05) is 26.0 Å². The number of aryl methyl sites for hydroxylation is 1. The maximum atomic E-state index is 6.03. The first-order valence-corrected chi connectivity index (χ1v) is 5.01. The molecule has 1 aromatic carbocycles. The molecule has 2 nitrogen and oxygen atoms in total. The topological polar surface area (TPSA) is 35.2 Å². The summed E-state index contributed by atoms with van der Waals surface area (Å²) in [4.78, 5) is 0. The van der Waals surface area contributed by atoms with Gasteiger partial charge in [0.05, 0.1) is 7.11 Å². The van der Waals surface area contributed by atoms with Gasteiger partial charge in [0.2, 0.25) is 0 Å². The summed E-state index contributed by atoms with van der Waals surface area (Å²) >= 11 is 6.03. The lowest BCUT2D eigenvalue weighted by molar-refractivity contribution is 0.408. The van der Waals surface area contributed by atoms with Gasteiger partial charge in [0.25, 0.3) is 0 Å². The minimum atomic E-state index is 0.114. The molecule has 0 amide bonds. The van der Waals surface area contributed by atoms with Crippen molar-refractivity contribution in [3.8, 4) is 5.75 Å². The van der Waals surface area contributed by atoms with Crippen LogP contribution < -0.4 is 10.5 Å². The summed E-state index contributed by atoms with van der Waals surface area (Å²) in [6, 6.07) is 3.99. The van der Waals surface area contributed by atoms with Crippen LogP contribution >= 0.6 is 11.6 Å². The molecule has 0 bridgehead atoms. The first-order chi connectivity index (χ1) is 6.54. The van der Waals surface area contributed by atoms with Gasteiger partial charge >= 0.3 is 0 Å². The minimum Gasteiger partial charge on any atom is -0.496 e. The lowest BCUT2D eigenvalue weighted by atomic mass is 10.0. The average molecular weight is 214 g/mol. The summed E-state index contributed by atoms with van der Waals surface area (Å²) < 4.78 is 5.27. The van der Waals surface area contributed by atoms with E-state index in [1.54, 1.807) is 7.11 Å². The first kappa shape index (κ1) is 11.3. The van der Waals surface area contributed by atoms with Crippen molar-refractivity contribution in [2.24, 2.45) is 5.73 Å². The number of methoxy groups -OCH3 is 1. The summed E-state index contributed by atoms with van der Waals surface area (Å²) in [5.74, 6) is 0.865. The lowest BCUT2D eigenvalue weighted by Gasteiger charge is -2.12. The van der Waals surface area contributed by atoms with Crippen molar-refractivity contribution in [3.63, 3.8) is 0 Å². The molecule has 0 saturated heterocycles. The number of hydrogen-bond acceptors (Lipinski definition) is 2.